The zero-order valence-electron chi connectivity index (χ0n) is 12.8. The highest BCUT2D eigenvalue weighted by Crippen LogP contribution is 2.26. The summed E-state index contributed by atoms with van der Waals surface area (Å²) < 4.78 is 7.07. The van der Waals surface area contributed by atoms with Crippen LogP contribution in [0.15, 0.2) is 30.5 Å². The number of benzene rings is 1. The molecule has 1 heterocycles. The standard InChI is InChI=1S/C15H20N4O2/c1-18(2)15(20)11-5-6-14(21-4)13(9-11)16-10-12-7-8-19(3)17-12/h5-9,16H,10H2,1-4H3. The zero-order valence-corrected chi connectivity index (χ0v) is 12.8. The molecule has 112 valence electrons. The maximum absolute atomic E-state index is 12.0. The Morgan fingerprint density at radius 1 is 1.38 bits per heavy atom. The number of aryl methyl sites for hydroxylation is 1. The van der Waals surface area contributed by atoms with Gasteiger partial charge in [-0.05, 0) is 24.3 Å². The van der Waals surface area contributed by atoms with Gasteiger partial charge in [-0.15, -0.1) is 0 Å². The van der Waals surface area contributed by atoms with Crippen LogP contribution in [0.5, 0.6) is 5.75 Å². The van der Waals surface area contributed by atoms with Gasteiger partial charge >= 0.3 is 0 Å². The summed E-state index contributed by atoms with van der Waals surface area (Å²) in [5.41, 5.74) is 2.31. The molecule has 0 atom stereocenters. The Kier molecular flexibility index (Phi) is 4.47. The van der Waals surface area contributed by atoms with Crippen LogP contribution in [0.3, 0.4) is 0 Å². The Balaban J connectivity index is 2.19. The van der Waals surface area contributed by atoms with E-state index in [1.165, 1.54) is 0 Å². The van der Waals surface area contributed by atoms with Gasteiger partial charge in [-0.25, -0.2) is 0 Å². The maximum Gasteiger partial charge on any atom is 0.253 e. The molecule has 21 heavy (non-hydrogen) atoms. The van der Waals surface area contributed by atoms with Gasteiger partial charge in [0.2, 0.25) is 0 Å². The monoisotopic (exact) mass is 288 g/mol. The van der Waals surface area contributed by atoms with E-state index < -0.39 is 0 Å². The minimum Gasteiger partial charge on any atom is -0.495 e. The van der Waals surface area contributed by atoms with Crippen LogP contribution in [-0.2, 0) is 13.6 Å². The minimum atomic E-state index is -0.0430. The number of aromatic nitrogens is 2. The number of anilines is 1. The van der Waals surface area contributed by atoms with Crippen molar-refractivity contribution in [1.82, 2.24) is 14.7 Å². The van der Waals surface area contributed by atoms with Crippen molar-refractivity contribution in [2.45, 2.75) is 6.54 Å². The van der Waals surface area contributed by atoms with Crippen molar-refractivity contribution in [2.24, 2.45) is 7.05 Å². The van der Waals surface area contributed by atoms with E-state index in [9.17, 15) is 4.79 Å². The molecule has 0 bridgehead atoms. The fourth-order valence-electron chi connectivity index (χ4n) is 1.98. The highest BCUT2D eigenvalue weighted by molar-refractivity contribution is 5.95. The second kappa shape index (κ2) is 6.30. The van der Waals surface area contributed by atoms with Gasteiger partial charge in [-0.3, -0.25) is 9.48 Å². The Morgan fingerprint density at radius 2 is 2.14 bits per heavy atom. The SMILES string of the molecule is COc1ccc(C(=O)N(C)C)cc1NCc1ccn(C)n1. The number of methoxy groups -OCH3 is 1. The molecular formula is C15H20N4O2. The number of ether oxygens (including phenoxy) is 1. The number of hydrogen-bond acceptors (Lipinski definition) is 4. The average Bonchev–Trinajstić information content (AvgIpc) is 2.89. The Labute approximate surface area is 124 Å². The van der Waals surface area contributed by atoms with Crippen LogP contribution in [0.2, 0.25) is 0 Å². The number of hydrogen-bond donors (Lipinski definition) is 1. The summed E-state index contributed by atoms with van der Waals surface area (Å²) in [5, 5.41) is 7.56. The van der Waals surface area contributed by atoms with Crippen LogP contribution in [0, 0.1) is 0 Å². The number of carbonyl (C=O) groups excluding carboxylic acids is 1. The predicted octanol–water partition coefficient (Wildman–Crippen LogP) is 1.74. The van der Waals surface area contributed by atoms with Crippen LogP contribution >= 0.6 is 0 Å². The zero-order chi connectivity index (χ0) is 15.4. The lowest BCUT2D eigenvalue weighted by Crippen LogP contribution is -2.21. The third-order valence-corrected chi connectivity index (χ3v) is 3.08. The summed E-state index contributed by atoms with van der Waals surface area (Å²) in [6, 6.07) is 7.28. The lowest BCUT2D eigenvalue weighted by Gasteiger charge is -2.14. The summed E-state index contributed by atoms with van der Waals surface area (Å²) >= 11 is 0. The fraction of sp³-hybridized carbons (Fsp3) is 0.333. The molecule has 1 amide bonds. The van der Waals surface area contributed by atoms with E-state index in [4.69, 9.17) is 4.74 Å². The number of nitrogens with one attached hydrogen (secondary N) is 1. The number of rotatable bonds is 5. The molecule has 0 saturated carbocycles. The number of nitrogens with zero attached hydrogens (tertiary/aromatic N) is 3. The molecule has 1 N–H and O–H groups in total. The third-order valence-electron chi connectivity index (χ3n) is 3.08. The van der Waals surface area contributed by atoms with Crippen molar-refractivity contribution in [3.05, 3.63) is 41.7 Å². The van der Waals surface area contributed by atoms with Gasteiger partial charge in [-0.1, -0.05) is 0 Å². The van der Waals surface area contributed by atoms with Crippen LogP contribution in [-0.4, -0.2) is 41.8 Å². The van der Waals surface area contributed by atoms with Gasteiger partial charge in [0.25, 0.3) is 5.91 Å². The van der Waals surface area contributed by atoms with E-state index in [0.29, 0.717) is 17.9 Å². The predicted molar refractivity (Wildman–Crippen MR) is 81.5 cm³/mol. The average molecular weight is 288 g/mol. The van der Waals surface area contributed by atoms with Crippen molar-refractivity contribution in [3.63, 3.8) is 0 Å². The molecule has 0 radical (unpaired) electrons. The Hall–Kier alpha value is -2.50. The summed E-state index contributed by atoms with van der Waals surface area (Å²) in [7, 11) is 6.94. The molecule has 2 rings (SSSR count). The lowest BCUT2D eigenvalue weighted by atomic mass is 10.1. The first kappa shape index (κ1) is 14.9. The summed E-state index contributed by atoms with van der Waals surface area (Å²) in [5.74, 6) is 0.653. The van der Waals surface area contributed by atoms with Gasteiger partial charge < -0.3 is 15.0 Å². The van der Waals surface area contributed by atoms with Crippen LogP contribution in [0.25, 0.3) is 0 Å². The van der Waals surface area contributed by atoms with Gasteiger partial charge in [0.15, 0.2) is 0 Å². The number of amides is 1. The molecule has 1 aromatic heterocycles. The van der Waals surface area contributed by atoms with Crippen molar-refractivity contribution in [1.29, 1.82) is 0 Å². The second-order valence-electron chi connectivity index (χ2n) is 4.95. The second-order valence-corrected chi connectivity index (χ2v) is 4.95. The van der Waals surface area contributed by atoms with Crippen molar-refractivity contribution >= 4 is 11.6 Å². The summed E-state index contributed by atoms with van der Waals surface area (Å²) in [4.78, 5) is 13.6. The van der Waals surface area contributed by atoms with Gasteiger partial charge in [0.05, 0.1) is 25.0 Å². The first-order chi connectivity index (χ1) is 10.0. The fourth-order valence-corrected chi connectivity index (χ4v) is 1.98. The molecule has 0 aliphatic rings. The molecule has 6 heteroatoms. The molecule has 1 aromatic carbocycles. The Morgan fingerprint density at radius 3 is 2.71 bits per heavy atom. The Bertz CT molecular complexity index is 634. The minimum absolute atomic E-state index is 0.0430. The van der Waals surface area contributed by atoms with E-state index in [1.54, 1.807) is 49.0 Å². The largest absolute Gasteiger partial charge is 0.495 e. The van der Waals surface area contributed by atoms with E-state index in [2.05, 4.69) is 10.4 Å². The topological polar surface area (TPSA) is 59.4 Å². The molecule has 0 aliphatic carbocycles. The van der Waals surface area contributed by atoms with Crippen LogP contribution in [0.1, 0.15) is 16.1 Å². The molecule has 0 aliphatic heterocycles. The quantitative estimate of drug-likeness (QED) is 0.910. The highest BCUT2D eigenvalue weighted by Gasteiger charge is 2.12. The van der Waals surface area contributed by atoms with E-state index >= 15 is 0 Å². The van der Waals surface area contributed by atoms with E-state index in [-0.39, 0.29) is 5.91 Å². The van der Waals surface area contributed by atoms with Crippen LogP contribution < -0.4 is 10.1 Å². The first-order valence-corrected chi connectivity index (χ1v) is 6.63. The van der Waals surface area contributed by atoms with Gasteiger partial charge in [0.1, 0.15) is 5.75 Å². The van der Waals surface area contributed by atoms with Crippen molar-refractivity contribution in [3.8, 4) is 5.75 Å². The molecular weight excluding hydrogens is 268 g/mol. The molecule has 0 fully saturated rings. The molecule has 0 spiro atoms. The number of carbonyl (C=O) groups is 1. The highest BCUT2D eigenvalue weighted by atomic mass is 16.5. The molecule has 2 aromatic rings. The van der Waals surface area contributed by atoms with Crippen molar-refractivity contribution < 1.29 is 9.53 Å². The molecule has 6 nitrogen and oxygen atoms in total. The molecule has 0 unspecified atom stereocenters. The van der Waals surface area contributed by atoms with Gasteiger partial charge in [-0.2, -0.15) is 5.10 Å². The van der Waals surface area contributed by atoms with Gasteiger partial charge in [0, 0.05) is 32.9 Å². The van der Waals surface area contributed by atoms with Crippen molar-refractivity contribution in [2.75, 3.05) is 26.5 Å². The van der Waals surface area contributed by atoms with E-state index in [1.807, 2.05) is 19.3 Å². The first-order valence-electron chi connectivity index (χ1n) is 6.63. The smallest absolute Gasteiger partial charge is 0.253 e. The third kappa shape index (κ3) is 3.53. The lowest BCUT2D eigenvalue weighted by molar-refractivity contribution is 0.0827. The summed E-state index contributed by atoms with van der Waals surface area (Å²) in [6.45, 7) is 0.566. The normalized spacial score (nSPS) is 10.3. The summed E-state index contributed by atoms with van der Waals surface area (Å²) in [6.07, 6.45) is 1.89. The van der Waals surface area contributed by atoms with E-state index in [0.717, 1.165) is 11.4 Å². The maximum atomic E-state index is 12.0. The molecule has 0 saturated heterocycles. The van der Waals surface area contributed by atoms with Crippen LogP contribution in [0.4, 0.5) is 5.69 Å².